The van der Waals surface area contributed by atoms with Crippen LogP contribution < -0.4 is 29.1 Å². The van der Waals surface area contributed by atoms with Crippen LogP contribution in [0.15, 0.2) is 86.2 Å². The van der Waals surface area contributed by atoms with Crippen LogP contribution in [-0.2, 0) is 16.1 Å². The molecule has 0 spiro atoms. The Bertz CT molecular complexity index is 2070. The molecule has 0 bridgehead atoms. The number of non-ortho nitro benzene ring substituents is 1. The predicted molar refractivity (Wildman–Crippen MR) is 181 cm³/mol. The van der Waals surface area contributed by atoms with Gasteiger partial charge in [0.25, 0.3) is 11.2 Å². The van der Waals surface area contributed by atoms with E-state index < -0.39 is 16.9 Å². The summed E-state index contributed by atoms with van der Waals surface area (Å²) in [6, 6.07) is 16.1. The van der Waals surface area contributed by atoms with Crippen molar-refractivity contribution < 1.29 is 28.7 Å². The van der Waals surface area contributed by atoms with Crippen molar-refractivity contribution in [3.63, 3.8) is 0 Å². The topological polar surface area (TPSA) is 131 Å². The summed E-state index contributed by atoms with van der Waals surface area (Å²) in [4.78, 5) is 43.1. The van der Waals surface area contributed by atoms with Crippen LogP contribution in [0.25, 0.3) is 6.08 Å². The molecular weight excluding hydrogens is 690 g/mol. The molecule has 1 aliphatic heterocycles. The fourth-order valence-electron chi connectivity index (χ4n) is 5.11. The highest BCUT2D eigenvalue weighted by Gasteiger charge is 2.34. The van der Waals surface area contributed by atoms with E-state index in [-0.39, 0.29) is 36.1 Å². The van der Waals surface area contributed by atoms with Gasteiger partial charge in [-0.1, -0.05) is 35.6 Å². The van der Waals surface area contributed by atoms with Gasteiger partial charge in [-0.15, -0.1) is 0 Å². The van der Waals surface area contributed by atoms with Crippen molar-refractivity contribution in [2.45, 2.75) is 46.4 Å². The van der Waals surface area contributed by atoms with Crippen molar-refractivity contribution in [3.8, 4) is 17.2 Å². The van der Waals surface area contributed by atoms with Gasteiger partial charge in [0.1, 0.15) is 12.4 Å². The molecule has 0 saturated heterocycles. The number of nitrogens with zero attached hydrogens (tertiary/aromatic N) is 3. The molecule has 0 aliphatic carbocycles. The van der Waals surface area contributed by atoms with Gasteiger partial charge in [0.05, 0.1) is 51.1 Å². The maximum atomic E-state index is 14.1. The lowest BCUT2D eigenvalue weighted by Crippen LogP contribution is -2.40. The number of fused-ring (bicyclic) bond motifs is 1. The summed E-state index contributed by atoms with van der Waals surface area (Å²) in [5.41, 5.74) is 2.40. The van der Waals surface area contributed by atoms with E-state index in [1.807, 2.05) is 26.0 Å². The average Bonchev–Trinajstić information content (AvgIpc) is 3.33. The van der Waals surface area contributed by atoms with Gasteiger partial charge in [0.15, 0.2) is 16.3 Å². The quantitative estimate of drug-likeness (QED) is 0.107. The molecule has 1 aromatic heterocycles. The number of nitro groups is 1. The third-order valence-electron chi connectivity index (χ3n) is 7.15. The van der Waals surface area contributed by atoms with Gasteiger partial charge < -0.3 is 18.9 Å². The minimum atomic E-state index is -0.814. The number of ether oxygens (including phenoxy) is 4. The van der Waals surface area contributed by atoms with Crippen molar-refractivity contribution in [2.24, 2.45) is 4.99 Å². The molecule has 0 N–H and O–H groups in total. The van der Waals surface area contributed by atoms with Crippen LogP contribution in [0.2, 0.25) is 0 Å². The Morgan fingerprint density at radius 2 is 1.89 bits per heavy atom. The SMILES string of the molecule is CCOC(=O)C1=C(C)N=c2s/c(=C\c3ccc(OCc4cccc([N+](=O)[O-])c4)c(Br)c3)c(=O)n2[C@H]1c1ccc(OC(C)C)c(OC)c1. The average molecular weight is 723 g/mol. The van der Waals surface area contributed by atoms with Crippen molar-refractivity contribution in [3.05, 3.63) is 123 Å². The van der Waals surface area contributed by atoms with E-state index in [0.717, 1.165) is 5.56 Å². The van der Waals surface area contributed by atoms with E-state index in [1.54, 1.807) is 56.3 Å². The van der Waals surface area contributed by atoms with Crippen LogP contribution >= 0.6 is 27.3 Å². The standard InChI is InChI=1S/C34H32BrN3O8S/c1-6-44-33(40)30-20(4)36-34-37(31(30)23-11-13-27(46-19(2)3)28(17-23)43-5)32(39)29(47-34)16-21-10-12-26(25(35)15-21)45-18-22-8-7-9-24(14-22)38(41)42/h7-17,19,31H,6,18H2,1-5H3/b29-16-/t31-/m0/s1. The van der Waals surface area contributed by atoms with Crippen LogP contribution in [0.3, 0.4) is 0 Å². The van der Waals surface area contributed by atoms with Gasteiger partial charge in [0.2, 0.25) is 0 Å². The molecule has 1 atom stereocenters. The van der Waals surface area contributed by atoms with E-state index in [4.69, 9.17) is 18.9 Å². The monoisotopic (exact) mass is 721 g/mol. The molecule has 0 radical (unpaired) electrons. The Balaban J connectivity index is 1.52. The summed E-state index contributed by atoms with van der Waals surface area (Å²) >= 11 is 4.75. The summed E-state index contributed by atoms with van der Waals surface area (Å²) in [5.74, 6) is 0.983. The Kier molecular flexibility index (Phi) is 10.3. The molecule has 0 unspecified atom stereocenters. The number of carbonyl (C=O) groups excluding carboxylic acids is 1. The van der Waals surface area contributed by atoms with Gasteiger partial charge in [-0.3, -0.25) is 19.5 Å². The smallest absolute Gasteiger partial charge is 0.338 e. The molecule has 3 aromatic carbocycles. The second-order valence-corrected chi connectivity index (χ2v) is 12.6. The molecule has 2 heterocycles. The highest BCUT2D eigenvalue weighted by atomic mass is 79.9. The first-order valence-corrected chi connectivity index (χ1v) is 16.3. The maximum absolute atomic E-state index is 14.1. The number of carbonyl (C=O) groups is 1. The van der Waals surface area contributed by atoms with E-state index in [2.05, 4.69) is 20.9 Å². The lowest BCUT2D eigenvalue weighted by molar-refractivity contribution is -0.384. The number of benzene rings is 3. The number of hydrogen-bond acceptors (Lipinski definition) is 10. The maximum Gasteiger partial charge on any atom is 0.338 e. The van der Waals surface area contributed by atoms with Crippen molar-refractivity contribution >= 4 is 45.0 Å². The van der Waals surface area contributed by atoms with Gasteiger partial charge in [0, 0.05) is 12.1 Å². The number of methoxy groups -OCH3 is 1. The fraction of sp³-hybridized carbons (Fsp3) is 0.265. The Morgan fingerprint density at radius 3 is 2.57 bits per heavy atom. The summed E-state index contributed by atoms with van der Waals surface area (Å²) in [7, 11) is 1.54. The fourth-order valence-corrected chi connectivity index (χ4v) is 6.67. The molecule has 5 rings (SSSR count). The lowest BCUT2D eigenvalue weighted by atomic mass is 9.95. The normalized spacial score (nSPS) is 14.4. The number of hydrogen-bond donors (Lipinski definition) is 0. The Labute approximate surface area is 282 Å². The van der Waals surface area contributed by atoms with Crippen LogP contribution in [0.1, 0.15) is 50.4 Å². The van der Waals surface area contributed by atoms with Crippen LogP contribution in [0.4, 0.5) is 5.69 Å². The second kappa shape index (κ2) is 14.3. The second-order valence-electron chi connectivity index (χ2n) is 10.8. The highest BCUT2D eigenvalue weighted by Crippen LogP contribution is 2.36. The predicted octanol–water partition coefficient (Wildman–Crippen LogP) is 5.84. The van der Waals surface area contributed by atoms with E-state index >= 15 is 0 Å². The van der Waals surface area contributed by atoms with E-state index in [9.17, 15) is 19.7 Å². The number of allylic oxidation sites excluding steroid dienone is 1. The van der Waals surface area contributed by atoms with E-state index in [1.165, 1.54) is 35.1 Å². The van der Waals surface area contributed by atoms with Crippen LogP contribution in [-0.4, -0.2) is 35.3 Å². The first-order valence-electron chi connectivity index (χ1n) is 14.7. The molecule has 0 amide bonds. The van der Waals surface area contributed by atoms with Crippen molar-refractivity contribution in [1.82, 2.24) is 4.57 Å². The zero-order valence-electron chi connectivity index (χ0n) is 26.3. The van der Waals surface area contributed by atoms with Crippen molar-refractivity contribution in [1.29, 1.82) is 0 Å². The number of esters is 1. The highest BCUT2D eigenvalue weighted by molar-refractivity contribution is 9.10. The summed E-state index contributed by atoms with van der Waals surface area (Å²) < 4.78 is 25.4. The third-order valence-corrected chi connectivity index (χ3v) is 8.76. The molecule has 47 heavy (non-hydrogen) atoms. The molecule has 0 saturated carbocycles. The first kappa shape index (κ1) is 33.6. The zero-order chi connectivity index (χ0) is 33.8. The van der Waals surface area contributed by atoms with E-state index in [0.29, 0.717) is 47.9 Å². The molecular formula is C34H32BrN3O8S. The first-order chi connectivity index (χ1) is 22.5. The molecule has 1 aliphatic rings. The number of thiazole rings is 1. The van der Waals surface area contributed by atoms with Gasteiger partial charge in [-0.2, -0.15) is 0 Å². The number of halogens is 1. The zero-order valence-corrected chi connectivity index (χ0v) is 28.7. The lowest BCUT2D eigenvalue weighted by Gasteiger charge is -2.25. The Hall–Kier alpha value is -4.75. The van der Waals surface area contributed by atoms with Crippen molar-refractivity contribution in [2.75, 3.05) is 13.7 Å². The molecule has 4 aromatic rings. The third kappa shape index (κ3) is 7.31. The van der Waals surface area contributed by atoms with Crippen LogP contribution in [0, 0.1) is 10.1 Å². The number of nitro benzene ring substituents is 1. The summed E-state index contributed by atoms with van der Waals surface area (Å²) in [5, 5.41) is 11.1. The molecule has 0 fully saturated rings. The minimum absolute atomic E-state index is 0.00918. The number of rotatable bonds is 11. The summed E-state index contributed by atoms with van der Waals surface area (Å²) in [6.45, 7) is 7.58. The van der Waals surface area contributed by atoms with Gasteiger partial charge in [-0.05, 0) is 90.7 Å². The molecule has 244 valence electrons. The van der Waals surface area contributed by atoms with Gasteiger partial charge in [-0.25, -0.2) is 9.79 Å². The van der Waals surface area contributed by atoms with Crippen LogP contribution in [0.5, 0.6) is 17.2 Å². The van der Waals surface area contributed by atoms with Gasteiger partial charge >= 0.3 is 5.97 Å². The Morgan fingerprint density at radius 1 is 1.13 bits per heavy atom. The largest absolute Gasteiger partial charge is 0.493 e. The molecule has 13 heteroatoms. The minimum Gasteiger partial charge on any atom is -0.493 e. The number of aromatic nitrogens is 1. The molecule has 11 nitrogen and oxygen atoms in total. The summed E-state index contributed by atoms with van der Waals surface area (Å²) in [6.07, 6.45) is 1.66.